The van der Waals surface area contributed by atoms with Crippen molar-refractivity contribution in [3.63, 3.8) is 0 Å². The summed E-state index contributed by atoms with van der Waals surface area (Å²) in [5.74, 6) is 0.664. The highest BCUT2D eigenvalue weighted by molar-refractivity contribution is 9.10. The van der Waals surface area contributed by atoms with Crippen molar-refractivity contribution in [3.05, 3.63) is 28.2 Å². The molecular weight excluding hydrogens is 286 g/mol. The molecule has 0 radical (unpaired) electrons. The van der Waals surface area contributed by atoms with Crippen molar-refractivity contribution in [1.82, 2.24) is 5.32 Å². The van der Waals surface area contributed by atoms with Gasteiger partial charge < -0.3 is 5.32 Å². The molecule has 0 aromatic heterocycles. The zero-order chi connectivity index (χ0) is 11.5. The molecule has 0 spiro atoms. The van der Waals surface area contributed by atoms with Crippen LogP contribution in [-0.4, -0.2) is 12.5 Å². The van der Waals surface area contributed by atoms with Gasteiger partial charge in [-0.2, -0.15) is 0 Å². The van der Waals surface area contributed by atoms with Crippen molar-refractivity contribution in [2.75, 3.05) is 6.54 Å². The van der Waals surface area contributed by atoms with E-state index < -0.39 is 0 Å². The SMILES string of the molecule is O=C(NCC1CCC1)c1cc(S)ccc1Br. The van der Waals surface area contributed by atoms with Gasteiger partial charge >= 0.3 is 0 Å². The third-order valence-corrected chi connectivity index (χ3v) is 3.94. The summed E-state index contributed by atoms with van der Waals surface area (Å²) in [4.78, 5) is 12.7. The van der Waals surface area contributed by atoms with Gasteiger partial charge in [0.2, 0.25) is 0 Å². The van der Waals surface area contributed by atoms with Crippen LogP contribution >= 0.6 is 28.6 Å². The molecule has 1 aliphatic carbocycles. The summed E-state index contributed by atoms with van der Waals surface area (Å²) < 4.78 is 0.816. The second-order valence-electron chi connectivity index (χ2n) is 4.17. The van der Waals surface area contributed by atoms with Crippen LogP contribution in [0.4, 0.5) is 0 Å². The monoisotopic (exact) mass is 299 g/mol. The number of amides is 1. The lowest BCUT2D eigenvalue weighted by Crippen LogP contribution is -2.32. The fourth-order valence-corrected chi connectivity index (χ4v) is 2.35. The van der Waals surface area contributed by atoms with Crippen LogP contribution in [0.25, 0.3) is 0 Å². The van der Waals surface area contributed by atoms with Gasteiger partial charge in [0.15, 0.2) is 0 Å². The molecule has 1 aliphatic rings. The zero-order valence-electron chi connectivity index (χ0n) is 8.87. The standard InChI is InChI=1S/C12H14BrNOS/c13-11-5-4-9(16)6-10(11)12(15)14-7-8-2-1-3-8/h4-6,8,16H,1-3,7H2,(H,14,15). The highest BCUT2D eigenvalue weighted by Crippen LogP contribution is 2.25. The Kier molecular flexibility index (Phi) is 3.92. The van der Waals surface area contributed by atoms with Crippen molar-refractivity contribution in [2.24, 2.45) is 5.92 Å². The first-order valence-electron chi connectivity index (χ1n) is 5.43. The first-order valence-corrected chi connectivity index (χ1v) is 6.67. The number of halogens is 1. The molecule has 0 atom stereocenters. The van der Waals surface area contributed by atoms with Crippen molar-refractivity contribution in [3.8, 4) is 0 Å². The molecule has 1 amide bonds. The van der Waals surface area contributed by atoms with E-state index in [-0.39, 0.29) is 5.91 Å². The fraction of sp³-hybridized carbons (Fsp3) is 0.417. The molecule has 0 bridgehead atoms. The molecule has 4 heteroatoms. The number of carbonyl (C=O) groups is 1. The predicted octanol–water partition coefficient (Wildman–Crippen LogP) is 3.27. The van der Waals surface area contributed by atoms with Crippen molar-refractivity contribution in [1.29, 1.82) is 0 Å². The van der Waals surface area contributed by atoms with E-state index >= 15 is 0 Å². The van der Waals surface area contributed by atoms with Crippen LogP contribution in [0.2, 0.25) is 0 Å². The summed E-state index contributed by atoms with van der Waals surface area (Å²) >= 11 is 7.61. The quantitative estimate of drug-likeness (QED) is 0.824. The van der Waals surface area contributed by atoms with Crippen molar-refractivity contribution >= 4 is 34.5 Å². The van der Waals surface area contributed by atoms with E-state index in [2.05, 4.69) is 33.9 Å². The summed E-state index contributed by atoms with van der Waals surface area (Å²) in [6, 6.07) is 5.49. The lowest BCUT2D eigenvalue weighted by atomic mass is 9.85. The number of nitrogens with one attached hydrogen (secondary N) is 1. The van der Waals surface area contributed by atoms with Gasteiger partial charge in [0.1, 0.15) is 0 Å². The van der Waals surface area contributed by atoms with Crippen LogP contribution in [0.3, 0.4) is 0 Å². The Morgan fingerprint density at radius 1 is 1.50 bits per heavy atom. The first-order chi connectivity index (χ1) is 7.66. The van der Waals surface area contributed by atoms with Crippen LogP contribution in [0.1, 0.15) is 29.6 Å². The highest BCUT2D eigenvalue weighted by atomic mass is 79.9. The maximum Gasteiger partial charge on any atom is 0.252 e. The Balaban J connectivity index is 1.99. The highest BCUT2D eigenvalue weighted by Gasteiger charge is 2.18. The summed E-state index contributed by atoms with van der Waals surface area (Å²) in [7, 11) is 0. The second-order valence-corrected chi connectivity index (χ2v) is 5.54. The molecule has 2 rings (SSSR count). The van der Waals surface area contributed by atoms with Crippen molar-refractivity contribution < 1.29 is 4.79 Å². The molecule has 2 nitrogen and oxygen atoms in total. The predicted molar refractivity (Wildman–Crippen MR) is 71.1 cm³/mol. The molecule has 1 aromatic carbocycles. The molecule has 1 saturated carbocycles. The fourth-order valence-electron chi connectivity index (χ4n) is 1.72. The first kappa shape index (κ1) is 12.0. The molecule has 1 N–H and O–H groups in total. The second kappa shape index (κ2) is 5.23. The van der Waals surface area contributed by atoms with Gasteiger partial charge in [0.25, 0.3) is 5.91 Å². The van der Waals surface area contributed by atoms with Gasteiger partial charge in [0, 0.05) is 15.9 Å². The van der Waals surface area contributed by atoms with Gasteiger partial charge in [-0.3, -0.25) is 4.79 Å². The largest absolute Gasteiger partial charge is 0.352 e. The third kappa shape index (κ3) is 2.80. The van der Waals surface area contributed by atoms with Crippen molar-refractivity contribution in [2.45, 2.75) is 24.2 Å². The Morgan fingerprint density at radius 3 is 2.88 bits per heavy atom. The van der Waals surface area contributed by atoms with Crippen LogP contribution in [0.5, 0.6) is 0 Å². The Labute approximate surface area is 109 Å². The van der Waals surface area contributed by atoms with E-state index in [9.17, 15) is 4.79 Å². The van der Waals surface area contributed by atoms with E-state index in [1.165, 1.54) is 19.3 Å². The van der Waals surface area contributed by atoms with E-state index in [1.54, 1.807) is 6.07 Å². The minimum absolute atomic E-state index is 0.0188. The molecule has 1 fully saturated rings. The summed E-state index contributed by atoms with van der Waals surface area (Å²) in [6.45, 7) is 0.794. The molecule has 0 aliphatic heterocycles. The van der Waals surface area contributed by atoms with Gasteiger partial charge in [-0.05, 0) is 52.9 Å². The number of thiol groups is 1. The number of hydrogen-bond acceptors (Lipinski definition) is 2. The molecular formula is C12H14BrNOS. The normalized spacial score (nSPS) is 15.6. The molecule has 1 aromatic rings. The summed E-state index contributed by atoms with van der Waals surface area (Å²) in [5.41, 5.74) is 0.659. The lowest BCUT2D eigenvalue weighted by molar-refractivity contribution is 0.0938. The average Bonchev–Trinajstić information content (AvgIpc) is 2.19. The van der Waals surface area contributed by atoms with Crippen LogP contribution < -0.4 is 5.32 Å². The minimum atomic E-state index is -0.0188. The Morgan fingerprint density at radius 2 is 2.25 bits per heavy atom. The summed E-state index contributed by atoms with van der Waals surface area (Å²) in [5, 5.41) is 2.97. The van der Waals surface area contributed by atoms with Crippen LogP contribution in [0.15, 0.2) is 27.6 Å². The maximum atomic E-state index is 11.9. The third-order valence-electron chi connectivity index (χ3n) is 2.97. The maximum absolute atomic E-state index is 11.9. The molecule has 0 unspecified atom stereocenters. The topological polar surface area (TPSA) is 29.1 Å². The van der Waals surface area contributed by atoms with Crippen LogP contribution in [0, 0.1) is 5.92 Å². The zero-order valence-corrected chi connectivity index (χ0v) is 11.4. The van der Waals surface area contributed by atoms with E-state index in [0.29, 0.717) is 11.5 Å². The lowest BCUT2D eigenvalue weighted by Gasteiger charge is -2.25. The average molecular weight is 300 g/mol. The van der Waals surface area contributed by atoms with E-state index in [4.69, 9.17) is 0 Å². The van der Waals surface area contributed by atoms with Gasteiger partial charge in [-0.15, -0.1) is 12.6 Å². The molecule has 0 heterocycles. The summed E-state index contributed by atoms with van der Waals surface area (Å²) in [6.07, 6.45) is 3.79. The number of hydrogen-bond donors (Lipinski definition) is 2. The van der Waals surface area contributed by atoms with Gasteiger partial charge in [-0.25, -0.2) is 0 Å². The Hall–Kier alpha value is -0.480. The van der Waals surface area contributed by atoms with Crippen LogP contribution in [-0.2, 0) is 0 Å². The smallest absolute Gasteiger partial charge is 0.252 e. The van der Waals surface area contributed by atoms with Gasteiger partial charge in [0.05, 0.1) is 5.56 Å². The number of benzene rings is 1. The number of carbonyl (C=O) groups excluding carboxylic acids is 1. The van der Waals surface area contributed by atoms with E-state index in [0.717, 1.165) is 15.9 Å². The molecule has 86 valence electrons. The van der Waals surface area contributed by atoms with Gasteiger partial charge in [-0.1, -0.05) is 6.42 Å². The molecule has 0 saturated heterocycles. The van der Waals surface area contributed by atoms with E-state index in [1.807, 2.05) is 12.1 Å². The number of rotatable bonds is 3. The Bertz CT molecular complexity index is 404. The molecule has 16 heavy (non-hydrogen) atoms. The minimum Gasteiger partial charge on any atom is -0.352 e.